The van der Waals surface area contributed by atoms with E-state index in [1.807, 2.05) is 0 Å². The summed E-state index contributed by atoms with van der Waals surface area (Å²) in [5.74, 6) is -7.15. The van der Waals surface area contributed by atoms with Gasteiger partial charge in [-0.1, -0.05) is 51.9 Å². The minimum atomic E-state index is -1.46. The first kappa shape index (κ1) is 81.7. The van der Waals surface area contributed by atoms with Gasteiger partial charge in [-0.2, -0.15) is 0 Å². The van der Waals surface area contributed by atoms with Crippen LogP contribution >= 0.6 is 33.3 Å². The minimum Gasteiger partial charge on any atom is -0.481 e. The molecule has 1 aromatic carbocycles. The number of rotatable bonds is 37. The normalized spacial score (nSPS) is 21.0. The van der Waals surface area contributed by atoms with Gasteiger partial charge in [0.1, 0.15) is 25.9 Å². The largest absolute Gasteiger partial charge is 0.481 e. The lowest BCUT2D eigenvalue weighted by molar-refractivity contribution is -0.142. The number of amides is 8. The summed E-state index contributed by atoms with van der Waals surface area (Å²) in [4.78, 5) is 169. The van der Waals surface area contributed by atoms with Crippen LogP contribution in [0.2, 0.25) is 0 Å². The maximum Gasteiger partial charge on any atom is 0.304 e. The van der Waals surface area contributed by atoms with Gasteiger partial charge in [0.2, 0.25) is 47.3 Å². The van der Waals surface area contributed by atoms with Crippen LogP contribution in [0.4, 0.5) is 0 Å². The molecule has 0 aliphatic carbocycles. The first-order chi connectivity index (χ1) is 45.2. The van der Waals surface area contributed by atoms with E-state index >= 15 is 0 Å². The molecule has 0 spiro atoms. The van der Waals surface area contributed by atoms with Crippen molar-refractivity contribution in [3.8, 4) is 0 Å². The Kier molecular flexibility index (Phi) is 43.4. The van der Waals surface area contributed by atoms with Gasteiger partial charge >= 0.3 is 5.97 Å². The Labute approximate surface area is 558 Å². The topological polar surface area (TPSA) is 476 Å². The van der Waals surface area contributed by atoms with Gasteiger partial charge < -0.3 is 87.5 Å². The van der Waals surface area contributed by atoms with Gasteiger partial charge in [0.25, 0.3) is 0 Å². The Balaban J connectivity index is 1.61. The van der Waals surface area contributed by atoms with Crippen molar-refractivity contribution in [1.29, 1.82) is 0 Å². The number of hydrogen-bond donors (Lipinski definition) is 12. The number of nitrogens with two attached hydrogens (primary N) is 3. The number of nitrogens with one attached hydrogen (secondary N) is 8. The van der Waals surface area contributed by atoms with Crippen molar-refractivity contribution in [2.75, 3.05) is 142 Å². The lowest BCUT2D eigenvalue weighted by atomic mass is 9.91. The van der Waals surface area contributed by atoms with Crippen LogP contribution in [0, 0.1) is 17.8 Å². The van der Waals surface area contributed by atoms with E-state index in [1.54, 1.807) is 37.3 Å². The van der Waals surface area contributed by atoms with Gasteiger partial charge in [0.05, 0.1) is 103 Å². The van der Waals surface area contributed by atoms with Crippen LogP contribution < -0.4 is 59.9 Å². The molecule has 32 nitrogen and oxygen atoms in total. The SMILES string of the molecule is C[C@@H]1CSCC(=O)N[C@@H](CCCCNC(=O)COCC(=O)NCCOCCOCCOCCOCCOCCNC(=O)CON)C(=O)N[C@H]2CSSC[C@H](NC(=O)[C@H](CC(=O)O)CC(=O)CNC(=O)[C@H](CCCN=C(N)N)CC2=O)C(=O)C[C@@H](Cc2ccccc2)C(=O)N1. The van der Waals surface area contributed by atoms with Crippen molar-refractivity contribution >= 4 is 110 Å². The molecular formula is C59H94N12O20S3. The van der Waals surface area contributed by atoms with Crippen LogP contribution in [0.5, 0.6) is 0 Å². The lowest BCUT2D eigenvalue weighted by Gasteiger charge is -2.25. The van der Waals surface area contributed by atoms with E-state index in [1.165, 1.54) is 11.8 Å². The Morgan fingerprint density at radius 2 is 1.12 bits per heavy atom. The van der Waals surface area contributed by atoms with E-state index in [9.17, 15) is 62.6 Å². The van der Waals surface area contributed by atoms with Crippen LogP contribution in [-0.4, -0.2) is 247 Å². The first-order valence-corrected chi connectivity index (χ1v) is 34.6. The number of carbonyl (C=O) groups excluding carboxylic acids is 11. The zero-order valence-corrected chi connectivity index (χ0v) is 55.6. The average Bonchev–Trinajstić information content (AvgIpc) is 1.38. The standard InChI is InChI=1S/C59H94N12O20S3/c1-39-35-92-38-53(78)69-45(11-5-6-12-63-50(75)32-90-33-51(76)64-14-16-85-18-20-87-22-24-89-25-23-88-21-19-86-17-15-65-52(77)34-91-62)58(84)71-47-37-94-93-36-46(49(74)29-42(56(82)68-39)26-40-8-3-2-4-9-40)70-57(83)43(30-54(79)80)27-44(72)31-67-55(81)41(28-48(47)73)10-7-13-66-59(60)61/h2-4,8-9,39,41-43,45-47H,5-7,10-38,62H2,1H3,(H,63,75)(H,64,76)(H,65,77)(H,67,81)(H,68,82)(H,69,78)(H,70,83)(H,71,84)(H,79,80)(H4,60,61,66)/t39-,41-,42-,43+,45+,46+,47+/m1/s1. The molecule has 15 N–H and O–H groups in total. The quantitative estimate of drug-likeness (QED) is 0.0105. The molecule has 1 aromatic rings. The van der Waals surface area contributed by atoms with Crippen LogP contribution in [0.25, 0.3) is 0 Å². The Morgan fingerprint density at radius 3 is 1.68 bits per heavy atom. The Bertz CT molecular complexity index is 2560. The Hall–Kier alpha value is -6.54. The van der Waals surface area contributed by atoms with Gasteiger partial charge in [-0.3, -0.25) is 67.4 Å². The minimum absolute atomic E-state index is 0.0323. The summed E-state index contributed by atoms with van der Waals surface area (Å²) in [6, 6.07) is 4.57. The van der Waals surface area contributed by atoms with E-state index in [0.717, 1.165) is 27.2 Å². The smallest absolute Gasteiger partial charge is 0.304 e. The molecule has 35 heteroatoms. The number of thioether (sulfide) groups is 1. The monoisotopic (exact) mass is 1390 g/mol. The molecule has 8 amide bonds. The van der Waals surface area contributed by atoms with Crippen molar-refractivity contribution in [3.63, 3.8) is 0 Å². The molecule has 2 fully saturated rings. The zero-order valence-electron chi connectivity index (χ0n) is 53.2. The highest BCUT2D eigenvalue weighted by atomic mass is 33.1. The number of aliphatic imine (C=N–C) groups is 1. The fourth-order valence-electron chi connectivity index (χ4n) is 9.08. The summed E-state index contributed by atoms with van der Waals surface area (Å²) in [5.41, 5.74) is 11.8. The highest BCUT2D eigenvalue weighted by molar-refractivity contribution is 8.76. The van der Waals surface area contributed by atoms with Gasteiger partial charge in [0.15, 0.2) is 23.3 Å². The lowest BCUT2D eigenvalue weighted by Crippen LogP contribution is -2.53. The van der Waals surface area contributed by atoms with Crippen LogP contribution in [0.15, 0.2) is 35.3 Å². The number of ketones is 3. The predicted molar refractivity (Wildman–Crippen MR) is 348 cm³/mol. The fourth-order valence-corrected chi connectivity index (χ4v) is 12.3. The van der Waals surface area contributed by atoms with E-state index in [-0.39, 0.29) is 113 Å². The highest BCUT2D eigenvalue weighted by Gasteiger charge is 2.35. The van der Waals surface area contributed by atoms with Crippen molar-refractivity contribution in [2.24, 2.45) is 40.1 Å². The third-order valence-corrected chi connectivity index (χ3v) is 17.5. The number of ether oxygens (including phenoxy) is 6. The third-order valence-electron chi connectivity index (χ3n) is 13.8. The molecule has 2 saturated heterocycles. The molecule has 2 aliphatic heterocycles. The molecule has 3 rings (SSSR count). The molecule has 94 heavy (non-hydrogen) atoms. The molecular weight excluding hydrogens is 1290 g/mol. The molecule has 2 bridgehead atoms. The van der Waals surface area contributed by atoms with Crippen molar-refractivity contribution in [1.82, 2.24) is 42.5 Å². The second kappa shape index (κ2) is 49.9. The number of aliphatic carboxylic acids is 1. The van der Waals surface area contributed by atoms with Crippen LogP contribution in [0.1, 0.15) is 70.3 Å². The summed E-state index contributed by atoms with van der Waals surface area (Å²) in [5, 5.41) is 31.3. The maximum absolute atomic E-state index is 14.5. The number of fused-ring (bicyclic) bond motifs is 5. The number of carboxylic acid groups (broad SMARTS) is 1. The molecule has 0 saturated carbocycles. The molecule has 2 heterocycles. The molecule has 2 aliphatic rings. The zero-order chi connectivity index (χ0) is 68.7. The van der Waals surface area contributed by atoms with Crippen molar-refractivity contribution in [3.05, 3.63) is 35.9 Å². The third kappa shape index (κ3) is 38.7. The second-order valence-corrected chi connectivity index (χ2v) is 25.4. The van der Waals surface area contributed by atoms with E-state index in [0.29, 0.717) is 65.8 Å². The van der Waals surface area contributed by atoms with Gasteiger partial charge in [-0.25, -0.2) is 5.90 Å². The predicted octanol–water partition coefficient (Wildman–Crippen LogP) is -2.79. The molecule has 0 unspecified atom stereocenters. The average molecular weight is 1390 g/mol. The van der Waals surface area contributed by atoms with Gasteiger partial charge in [0, 0.05) is 80.6 Å². The second-order valence-electron chi connectivity index (χ2n) is 21.8. The molecule has 0 aromatic heterocycles. The number of benzene rings is 1. The number of nitrogens with zero attached hydrogens (tertiary/aromatic N) is 1. The van der Waals surface area contributed by atoms with E-state index < -0.39 is 146 Å². The number of carbonyl (C=O) groups is 12. The molecule has 528 valence electrons. The number of guanidine groups is 1. The van der Waals surface area contributed by atoms with Crippen LogP contribution in [0.3, 0.4) is 0 Å². The first-order valence-electron chi connectivity index (χ1n) is 31.0. The van der Waals surface area contributed by atoms with E-state index in [4.69, 9.17) is 45.8 Å². The summed E-state index contributed by atoms with van der Waals surface area (Å²) in [6.45, 7) is 4.02. The number of unbranched alkanes of at least 4 members (excludes halogenated alkanes) is 1. The summed E-state index contributed by atoms with van der Waals surface area (Å²) in [7, 11) is 2.09. The number of hydrogen-bond acceptors (Lipinski definition) is 24. The van der Waals surface area contributed by atoms with Gasteiger partial charge in [-0.15, -0.1) is 11.8 Å². The summed E-state index contributed by atoms with van der Waals surface area (Å²) >= 11 is 1.17. The van der Waals surface area contributed by atoms with Crippen molar-refractivity contribution in [2.45, 2.75) is 95.3 Å². The van der Waals surface area contributed by atoms with Crippen molar-refractivity contribution < 1.29 is 95.9 Å². The fraction of sp³-hybridized carbons (Fsp3) is 0.678. The molecule has 7 atom stereocenters. The maximum atomic E-state index is 14.5. The summed E-state index contributed by atoms with van der Waals surface area (Å²) < 4.78 is 32.4. The number of carboxylic acids is 1. The van der Waals surface area contributed by atoms with Gasteiger partial charge in [-0.05, 0) is 51.0 Å². The Morgan fingerprint density at radius 1 is 0.585 bits per heavy atom. The highest BCUT2D eigenvalue weighted by Crippen LogP contribution is 2.27. The molecule has 0 radical (unpaired) electrons. The summed E-state index contributed by atoms with van der Waals surface area (Å²) in [6.07, 6.45) is -1.23. The number of Topliss-reactive ketones (excluding diaryl/α,β-unsaturated/α-hetero) is 3. The van der Waals surface area contributed by atoms with E-state index in [2.05, 4.69) is 52.4 Å². The van der Waals surface area contributed by atoms with Crippen LogP contribution in [-0.2, 0) is 97.2 Å².